The lowest BCUT2D eigenvalue weighted by molar-refractivity contribution is -0.387. The fourth-order valence-corrected chi connectivity index (χ4v) is 4.20. The number of para-hydroxylation sites is 1. The van der Waals surface area contributed by atoms with Crippen LogP contribution >= 0.6 is 0 Å². The lowest BCUT2D eigenvalue weighted by Crippen LogP contribution is -2.35. The van der Waals surface area contributed by atoms with E-state index >= 15 is 0 Å². The van der Waals surface area contributed by atoms with E-state index in [1.54, 1.807) is 41.5 Å². The van der Waals surface area contributed by atoms with Gasteiger partial charge < -0.3 is 14.2 Å². The van der Waals surface area contributed by atoms with Crippen LogP contribution in [-0.2, 0) is 35.7 Å². The molecule has 0 N–H and O–H groups in total. The van der Waals surface area contributed by atoms with Crippen LogP contribution in [-0.4, -0.2) is 47.7 Å². The minimum Gasteiger partial charge on any atom is -0.458 e. The molecule has 0 bridgehead atoms. The van der Waals surface area contributed by atoms with Gasteiger partial charge in [-0.25, -0.2) is 18.0 Å². The van der Waals surface area contributed by atoms with Crippen molar-refractivity contribution in [2.45, 2.75) is 64.2 Å². The molecule has 2 aromatic carbocycles. The molecule has 12 nitrogen and oxygen atoms in total. The Balaban J connectivity index is 2.31. The predicted octanol–water partition coefficient (Wildman–Crippen LogP) is 4.37. The second-order valence-electron chi connectivity index (χ2n) is 9.76. The van der Waals surface area contributed by atoms with Gasteiger partial charge in [0, 0.05) is 6.07 Å². The second-order valence-corrected chi connectivity index (χ2v) is 11.6. The summed E-state index contributed by atoms with van der Waals surface area (Å²) < 4.78 is 42.5. The maximum Gasteiger partial charge on any atom is 0.514 e. The number of esters is 1. The van der Waals surface area contributed by atoms with Crippen LogP contribution in [0.4, 0.5) is 10.5 Å². The second kappa shape index (κ2) is 11.7. The minimum absolute atomic E-state index is 0.140. The molecule has 0 heterocycles. The number of benzene rings is 2. The normalized spacial score (nSPS) is 12.2. The molecule has 0 amide bonds. The molecule has 37 heavy (non-hydrogen) atoms. The summed E-state index contributed by atoms with van der Waals surface area (Å²) in [7, 11) is -4.61. The van der Waals surface area contributed by atoms with Gasteiger partial charge in [-0.1, -0.05) is 28.7 Å². The van der Waals surface area contributed by atoms with Crippen molar-refractivity contribution in [2.24, 2.45) is 0 Å². The van der Waals surface area contributed by atoms with Crippen molar-refractivity contribution < 1.29 is 42.0 Å². The van der Waals surface area contributed by atoms with Gasteiger partial charge in [-0.3, -0.25) is 15.0 Å². The molecule has 0 saturated heterocycles. The van der Waals surface area contributed by atoms with Crippen LogP contribution in [0, 0.1) is 10.1 Å². The van der Waals surface area contributed by atoms with Crippen molar-refractivity contribution in [3.63, 3.8) is 0 Å². The van der Waals surface area contributed by atoms with E-state index in [1.807, 2.05) is 0 Å². The van der Waals surface area contributed by atoms with Gasteiger partial charge >= 0.3 is 12.1 Å². The maximum atomic E-state index is 13.4. The Morgan fingerprint density at radius 1 is 0.919 bits per heavy atom. The van der Waals surface area contributed by atoms with E-state index in [9.17, 15) is 28.1 Å². The van der Waals surface area contributed by atoms with E-state index in [0.717, 1.165) is 12.1 Å². The highest BCUT2D eigenvalue weighted by Crippen LogP contribution is 2.28. The molecule has 0 fully saturated rings. The molecule has 2 rings (SSSR count). The van der Waals surface area contributed by atoms with E-state index in [2.05, 4.69) is 0 Å². The number of hydrogen-bond acceptors (Lipinski definition) is 10. The lowest BCUT2D eigenvalue weighted by Gasteiger charge is -2.23. The van der Waals surface area contributed by atoms with E-state index in [-0.39, 0.29) is 5.75 Å². The van der Waals surface area contributed by atoms with Crippen molar-refractivity contribution >= 4 is 27.8 Å². The highest BCUT2D eigenvalue weighted by atomic mass is 32.2. The van der Waals surface area contributed by atoms with Crippen molar-refractivity contribution in [3.8, 4) is 5.75 Å². The Morgan fingerprint density at radius 3 is 2.03 bits per heavy atom. The van der Waals surface area contributed by atoms with E-state index < -0.39 is 62.0 Å². The monoisotopic (exact) mass is 538 g/mol. The van der Waals surface area contributed by atoms with Crippen molar-refractivity contribution in [3.05, 3.63) is 64.2 Å². The largest absolute Gasteiger partial charge is 0.514 e. The van der Waals surface area contributed by atoms with Crippen molar-refractivity contribution in [1.82, 2.24) is 4.47 Å². The topological polar surface area (TPSA) is 152 Å². The standard InChI is InChI=1S/C24H30N2O10S/c1-23(2,3)35-21(27)16-33-25(37(31,32)20-10-8-7-9-19(20)26(29)30)15-17-11-13-18(14-12-17)34-22(28)36-24(4,5)6/h7-14H,15-16H2,1-6H3. The third kappa shape index (κ3) is 9.44. The molecule has 2 aromatic rings. The molecule has 13 heteroatoms. The molecule has 0 radical (unpaired) electrons. The van der Waals surface area contributed by atoms with Crippen LogP contribution in [0.5, 0.6) is 5.75 Å². The summed E-state index contributed by atoms with van der Waals surface area (Å²) >= 11 is 0. The van der Waals surface area contributed by atoms with Crippen LogP contribution < -0.4 is 4.74 Å². The fourth-order valence-electron chi connectivity index (χ4n) is 2.81. The first-order valence-corrected chi connectivity index (χ1v) is 12.5. The number of hydrogen-bond donors (Lipinski definition) is 0. The molecular weight excluding hydrogens is 508 g/mol. The molecule has 0 aromatic heterocycles. The van der Waals surface area contributed by atoms with Crippen LogP contribution in [0.2, 0.25) is 0 Å². The summed E-state index contributed by atoms with van der Waals surface area (Å²) in [5, 5.41) is 11.4. The number of nitro groups is 1. The molecule has 202 valence electrons. The maximum absolute atomic E-state index is 13.4. The van der Waals surface area contributed by atoms with Gasteiger partial charge in [0.05, 0.1) is 11.5 Å². The summed E-state index contributed by atoms with van der Waals surface area (Å²) in [6.45, 7) is 8.75. The molecule has 0 aliphatic carbocycles. The fraction of sp³-hybridized carbons (Fsp3) is 0.417. The third-order valence-electron chi connectivity index (χ3n) is 4.18. The van der Waals surface area contributed by atoms with Crippen LogP contribution in [0.3, 0.4) is 0 Å². The number of nitrogens with zero attached hydrogens (tertiary/aromatic N) is 2. The molecular formula is C24H30N2O10S. The van der Waals surface area contributed by atoms with E-state index in [1.165, 1.54) is 36.4 Å². The van der Waals surface area contributed by atoms with Gasteiger partial charge in [-0.05, 0) is 65.3 Å². The number of hydroxylamine groups is 1. The zero-order chi connectivity index (χ0) is 28.0. The number of rotatable bonds is 9. The molecule has 0 unspecified atom stereocenters. The Hall–Kier alpha value is -3.55. The lowest BCUT2D eigenvalue weighted by atomic mass is 10.2. The summed E-state index contributed by atoms with van der Waals surface area (Å²) in [6.07, 6.45) is -0.915. The number of nitro benzene ring substituents is 1. The first-order valence-electron chi connectivity index (χ1n) is 11.1. The van der Waals surface area contributed by atoms with Crippen LogP contribution in [0.25, 0.3) is 0 Å². The summed E-state index contributed by atoms with van der Waals surface area (Å²) in [5.74, 6) is -0.697. The van der Waals surface area contributed by atoms with Crippen molar-refractivity contribution in [2.75, 3.05) is 6.61 Å². The molecule has 0 spiro atoms. The molecule has 0 saturated carbocycles. The van der Waals surface area contributed by atoms with Gasteiger partial charge in [0.15, 0.2) is 11.5 Å². The zero-order valence-corrected chi connectivity index (χ0v) is 22.2. The Morgan fingerprint density at radius 2 is 1.49 bits per heavy atom. The summed E-state index contributed by atoms with van der Waals surface area (Å²) in [4.78, 5) is 39.3. The number of carbonyl (C=O) groups is 2. The number of ether oxygens (including phenoxy) is 3. The van der Waals surface area contributed by atoms with Crippen molar-refractivity contribution in [1.29, 1.82) is 0 Å². The van der Waals surface area contributed by atoms with Gasteiger partial charge in [0.2, 0.25) is 0 Å². The SMILES string of the molecule is CC(C)(C)OC(=O)CON(Cc1ccc(OC(=O)OC(C)(C)C)cc1)S(=O)(=O)c1ccccc1[N+](=O)[O-]. The average molecular weight is 539 g/mol. The van der Waals surface area contributed by atoms with E-state index in [4.69, 9.17) is 19.0 Å². The molecule has 0 aliphatic heterocycles. The highest BCUT2D eigenvalue weighted by Gasteiger charge is 2.33. The van der Waals surface area contributed by atoms with E-state index in [0.29, 0.717) is 10.0 Å². The molecule has 0 atom stereocenters. The summed E-state index contributed by atoms with van der Waals surface area (Å²) in [6, 6.07) is 10.5. The highest BCUT2D eigenvalue weighted by molar-refractivity contribution is 7.89. The Kier molecular flexibility index (Phi) is 9.36. The summed E-state index contributed by atoms with van der Waals surface area (Å²) in [5.41, 5.74) is -1.89. The minimum atomic E-state index is -4.61. The Bertz CT molecular complexity index is 1230. The first kappa shape index (κ1) is 29.7. The van der Waals surface area contributed by atoms with Gasteiger partial charge in [0.25, 0.3) is 15.7 Å². The number of carbonyl (C=O) groups excluding carboxylic acids is 2. The third-order valence-corrected chi connectivity index (χ3v) is 5.85. The van der Waals surface area contributed by atoms with Gasteiger partial charge in [-0.2, -0.15) is 0 Å². The van der Waals surface area contributed by atoms with Crippen LogP contribution in [0.15, 0.2) is 53.4 Å². The smallest absolute Gasteiger partial charge is 0.458 e. The quantitative estimate of drug-likeness (QED) is 0.195. The zero-order valence-electron chi connectivity index (χ0n) is 21.4. The van der Waals surface area contributed by atoms with Gasteiger partial charge in [0.1, 0.15) is 17.0 Å². The van der Waals surface area contributed by atoms with Crippen LogP contribution in [0.1, 0.15) is 47.1 Å². The Labute approximate surface area is 215 Å². The average Bonchev–Trinajstić information content (AvgIpc) is 2.75. The van der Waals surface area contributed by atoms with Gasteiger partial charge in [-0.15, -0.1) is 0 Å². The molecule has 0 aliphatic rings. The number of sulfonamides is 1. The predicted molar refractivity (Wildman–Crippen MR) is 131 cm³/mol. The first-order chi connectivity index (χ1) is 17.0.